The number of ether oxygens (including phenoxy) is 2. The van der Waals surface area contributed by atoms with Gasteiger partial charge < -0.3 is 14.8 Å². The van der Waals surface area contributed by atoms with Crippen LogP contribution in [0.2, 0.25) is 0 Å². The number of hydrogen-bond donors (Lipinski definition) is 1. The van der Waals surface area contributed by atoms with Crippen LogP contribution in [0.1, 0.15) is 31.2 Å². The zero-order valence-corrected chi connectivity index (χ0v) is 14.8. The quantitative estimate of drug-likeness (QED) is 0.800. The van der Waals surface area contributed by atoms with E-state index < -0.39 is 0 Å². The summed E-state index contributed by atoms with van der Waals surface area (Å²) in [6, 6.07) is 5.52. The average molecular weight is 356 g/mol. The number of nitrogens with zero attached hydrogens (tertiary/aromatic N) is 3. The second-order valence-corrected chi connectivity index (χ2v) is 6.75. The summed E-state index contributed by atoms with van der Waals surface area (Å²) >= 11 is 0. The number of hydrogen-bond acceptors (Lipinski definition) is 6. The molecule has 2 aliphatic rings. The highest BCUT2D eigenvalue weighted by atomic mass is 16.5. The molecule has 0 bridgehead atoms. The fourth-order valence-corrected chi connectivity index (χ4v) is 3.42. The first-order valence-corrected chi connectivity index (χ1v) is 9.29. The molecular weight excluding hydrogens is 332 g/mol. The smallest absolute Gasteiger partial charge is 0.268 e. The second-order valence-electron chi connectivity index (χ2n) is 6.75. The Morgan fingerprint density at radius 3 is 2.81 bits per heavy atom. The molecule has 0 spiro atoms. The van der Waals surface area contributed by atoms with E-state index >= 15 is 0 Å². The molecule has 0 aliphatic carbocycles. The van der Waals surface area contributed by atoms with Crippen LogP contribution in [-0.2, 0) is 9.47 Å². The van der Waals surface area contributed by atoms with Crippen molar-refractivity contribution in [2.24, 2.45) is 4.99 Å². The van der Waals surface area contributed by atoms with Crippen molar-refractivity contribution in [2.75, 3.05) is 31.6 Å². The first kappa shape index (κ1) is 17.2. The first-order valence-electron chi connectivity index (χ1n) is 9.29. The summed E-state index contributed by atoms with van der Waals surface area (Å²) in [6.45, 7) is 2.81. The number of aromatic nitrogens is 2. The maximum Gasteiger partial charge on any atom is 0.268 e. The Kier molecular flexibility index (Phi) is 5.26. The van der Waals surface area contributed by atoms with Crippen molar-refractivity contribution in [1.29, 1.82) is 0 Å². The molecule has 2 saturated heterocycles. The van der Waals surface area contributed by atoms with Gasteiger partial charge in [0, 0.05) is 32.2 Å². The van der Waals surface area contributed by atoms with E-state index in [0.717, 1.165) is 38.9 Å². The van der Waals surface area contributed by atoms with Gasteiger partial charge in [-0.15, -0.1) is 0 Å². The molecule has 2 aliphatic heterocycles. The van der Waals surface area contributed by atoms with Crippen LogP contribution < -0.4 is 10.9 Å². The van der Waals surface area contributed by atoms with E-state index in [9.17, 15) is 4.79 Å². The molecule has 4 rings (SSSR count). The second kappa shape index (κ2) is 7.97. The lowest BCUT2D eigenvalue weighted by Gasteiger charge is -2.14. The molecule has 26 heavy (non-hydrogen) atoms. The third-order valence-corrected chi connectivity index (χ3v) is 4.84. The van der Waals surface area contributed by atoms with Gasteiger partial charge in [-0.25, -0.2) is 4.98 Å². The number of aliphatic imine (C=N–C) groups is 1. The molecule has 0 aromatic carbocycles. The van der Waals surface area contributed by atoms with Crippen LogP contribution in [0.3, 0.4) is 0 Å². The third-order valence-electron chi connectivity index (χ3n) is 4.84. The molecule has 0 radical (unpaired) electrons. The highest BCUT2D eigenvalue weighted by Crippen LogP contribution is 2.15. The SMILES string of the molecule is O=c1c(C=NCC2CCCO2)c(NCC2CCCO2)nc2ccccn12. The van der Waals surface area contributed by atoms with Crippen LogP contribution >= 0.6 is 0 Å². The number of pyridine rings is 1. The van der Waals surface area contributed by atoms with Crippen LogP contribution in [-0.4, -0.2) is 54.1 Å². The minimum absolute atomic E-state index is 0.124. The fourth-order valence-electron chi connectivity index (χ4n) is 3.42. The predicted molar refractivity (Wildman–Crippen MR) is 100 cm³/mol. The Morgan fingerprint density at radius 1 is 1.23 bits per heavy atom. The molecule has 2 aromatic rings. The zero-order valence-electron chi connectivity index (χ0n) is 14.8. The molecule has 0 saturated carbocycles. The Morgan fingerprint density at radius 2 is 2.04 bits per heavy atom. The van der Waals surface area contributed by atoms with E-state index in [1.165, 1.54) is 0 Å². The van der Waals surface area contributed by atoms with Crippen LogP contribution in [0, 0.1) is 0 Å². The monoisotopic (exact) mass is 356 g/mol. The number of nitrogens with one attached hydrogen (secondary N) is 1. The lowest BCUT2D eigenvalue weighted by Crippen LogP contribution is -2.25. The van der Waals surface area contributed by atoms with Crippen LogP contribution in [0.25, 0.3) is 5.65 Å². The largest absolute Gasteiger partial charge is 0.376 e. The molecular formula is C19H24N4O3. The van der Waals surface area contributed by atoms with Crippen molar-refractivity contribution >= 4 is 17.7 Å². The molecule has 4 heterocycles. The maximum atomic E-state index is 12.9. The van der Waals surface area contributed by atoms with Crippen molar-refractivity contribution in [3.8, 4) is 0 Å². The third kappa shape index (κ3) is 3.78. The molecule has 1 N–H and O–H groups in total. The van der Waals surface area contributed by atoms with Crippen LogP contribution in [0.5, 0.6) is 0 Å². The van der Waals surface area contributed by atoms with Gasteiger partial charge in [0.2, 0.25) is 0 Å². The minimum atomic E-state index is -0.124. The van der Waals surface area contributed by atoms with Gasteiger partial charge in [-0.3, -0.25) is 14.2 Å². The Labute approximate surface area is 152 Å². The van der Waals surface area contributed by atoms with E-state index in [2.05, 4.69) is 15.3 Å². The van der Waals surface area contributed by atoms with Gasteiger partial charge >= 0.3 is 0 Å². The van der Waals surface area contributed by atoms with Crippen LogP contribution in [0.15, 0.2) is 34.2 Å². The molecule has 2 unspecified atom stereocenters. The summed E-state index contributed by atoms with van der Waals surface area (Å²) in [5.41, 5.74) is 0.967. The highest BCUT2D eigenvalue weighted by molar-refractivity contribution is 5.86. The van der Waals surface area contributed by atoms with E-state index in [-0.39, 0.29) is 17.8 Å². The Balaban J connectivity index is 1.60. The van der Waals surface area contributed by atoms with E-state index in [1.807, 2.05) is 18.2 Å². The van der Waals surface area contributed by atoms with E-state index in [0.29, 0.717) is 30.1 Å². The highest BCUT2D eigenvalue weighted by Gasteiger charge is 2.18. The van der Waals surface area contributed by atoms with Crippen molar-refractivity contribution in [3.05, 3.63) is 40.3 Å². The molecule has 138 valence electrons. The van der Waals surface area contributed by atoms with Crippen molar-refractivity contribution in [3.63, 3.8) is 0 Å². The average Bonchev–Trinajstić information content (AvgIpc) is 3.36. The van der Waals surface area contributed by atoms with Gasteiger partial charge in [0.25, 0.3) is 5.56 Å². The number of rotatable bonds is 6. The first-order chi connectivity index (χ1) is 12.8. The van der Waals surface area contributed by atoms with Crippen molar-refractivity contribution in [2.45, 2.75) is 37.9 Å². The molecule has 0 amide bonds. The lowest BCUT2D eigenvalue weighted by atomic mass is 10.2. The Hall–Kier alpha value is -2.25. The van der Waals surface area contributed by atoms with Gasteiger partial charge in [-0.05, 0) is 37.8 Å². The summed E-state index contributed by atoms with van der Waals surface area (Å²) in [6.07, 6.45) is 7.90. The summed E-state index contributed by atoms with van der Waals surface area (Å²) in [5, 5.41) is 3.29. The maximum absolute atomic E-state index is 12.9. The molecule has 2 atom stereocenters. The van der Waals surface area contributed by atoms with Gasteiger partial charge in [-0.2, -0.15) is 0 Å². The molecule has 2 fully saturated rings. The molecule has 7 heteroatoms. The van der Waals surface area contributed by atoms with Gasteiger partial charge in [0.15, 0.2) is 0 Å². The van der Waals surface area contributed by atoms with Gasteiger partial charge in [0.1, 0.15) is 17.0 Å². The minimum Gasteiger partial charge on any atom is -0.376 e. The normalized spacial score (nSPS) is 23.2. The number of fused-ring (bicyclic) bond motifs is 1. The van der Waals surface area contributed by atoms with Crippen LogP contribution in [0.4, 0.5) is 5.82 Å². The summed E-state index contributed by atoms with van der Waals surface area (Å²) in [4.78, 5) is 22.0. The Bertz CT molecular complexity index is 836. The van der Waals surface area contributed by atoms with Gasteiger partial charge in [-0.1, -0.05) is 6.07 Å². The topological polar surface area (TPSA) is 77.2 Å². The van der Waals surface area contributed by atoms with Crippen molar-refractivity contribution in [1.82, 2.24) is 9.38 Å². The zero-order chi connectivity index (χ0) is 17.8. The number of anilines is 1. The van der Waals surface area contributed by atoms with E-state index in [1.54, 1.807) is 16.8 Å². The standard InChI is InChI=1S/C19H24N4O3/c24-19-16(13-20-11-14-5-3-9-25-14)18(21-12-15-6-4-10-26-15)22-17-7-1-2-8-23(17)19/h1-2,7-8,13-15,21H,3-6,9-12H2. The molecule has 7 nitrogen and oxygen atoms in total. The van der Waals surface area contributed by atoms with Gasteiger partial charge in [0.05, 0.1) is 18.8 Å². The summed E-state index contributed by atoms with van der Waals surface area (Å²) in [5.74, 6) is 0.563. The summed E-state index contributed by atoms with van der Waals surface area (Å²) < 4.78 is 12.8. The van der Waals surface area contributed by atoms with Crippen molar-refractivity contribution < 1.29 is 9.47 Å². The fraction of sp³-hybridized carbons (Fsp3) is 0.526. The predicted octanol–water partition coefficient (Wildman–Crippen LogP) is 1.88. The van der Waals surface area contributed by atoms with E-state index in [4.69, 9.17) is 9.47 Å². The summed E-state index contributed by atoms with van der Waals surface area (Å²) in [7, 11) is 0. The molecule has 2 aromatic heterocycles. The lowest BCUT2D eigenvalue weighted by molar-refractivity contribution is 0.118.